The molecule has 0 saturated carbocycles. The number of allylic oxidation sites excluding steroid dienone is 6. The second-order valence-corrected chi connectivity index (χ2v) is 15.0. The van der Waals surface area contributed by atoms with E-state index in [-0.39, 0.29) is 0 Å². The van der Waals surface area contributed by atoms with E-state index in [0.717, 1.165) is 35.7 Å². The number of thioether (sulfide) groups is 2. The second-order valence-electron chi connectivity index (χ2n) is 10.5. The van der Waals surface area contributed by atoms with Crippen LogP contribution in [0.5, 0.6) is 0 Å². The van der Waals surface area contributed by atoms with Crippen LogP contribution in [-0.2, 0) is 15.0 Å². The van der Waals surface area contributed by atoms with Crippen molar-refractivity contribution in [1.82, 2.24) is 0 Å². The van der Waals surface area contributed by atoms with Crippen LogP contribution in [0.25, 0.3) is 0 Å². The first kappa shape index (κ1) is 28.3. The molecule has 8 heteroatoms. The summed E-state index contributed by atoms with van der Waals surface area (Å²) in [6.45, 7) is 6.33. The molecule has 3 atom stereocenters. The van der Waals surface area contributed by atoms with Gasteiger partial charge in [0.05, 0.1) is 28.9 Å². The van der Waals surface area contributed by atoms with E-state index in [9.17, 15) is 4.21 Å². The van der Waals surface area contributed by atoms with Crippen LogP contribution in [0.3, 0.4) is 0 Å². The van der Waals surface area contributed by atoms with E-state index < -0.39 is 10.8 Å². The van der Waals surface area contributed by atoms with Crippen LogP contribution in [0.4, 0.5) is 11.4 Å². The molecule has 4 aliphatic rings. The van der Waals surface area contributed by atoms with Gasteiger partial charge >= 0.3 is 0 Å². The Hall–Kier alpha value is -1.84. The van der Waals surface area contributed by atoms with Crippen LogP contribution in [0.15, 0.2) is 102 Å². The summed E-state index contributed by atoms with van der Waals surface area (Å²) in [5.74, 6) is 0.668. The first-order valence-corrected chi connectivity index (χ1v) is 18.0. The van der Waals surface area contributed by atoms with Gasteiger partial charge in [-0.15, -0.1) is 0 Å². The lowest BCUT2D eigenvalue weighted by Crippen LogP contribution is -2.27. The molecule has 2 aliphatic carbocycles. The molecular formula is C32H36N2O2S4. The third-order valence-corrected chi connectivity index (χ3v) is 11.9. The molecule has 2 aliphatic heterocycles. The van der Waals surface area contributed by atoms with Gasteiger partial charge in [0, 0.05) is 61.8 Å². The first-order valence-electron chi connectivity index (χ1n) is 14.0. The Bertz CT molecular complexity index is 1460. The number of rotatable bonds is 7. The van der Waals surface area contributed by atoms with Gasteiger partial charge in [0.2, 0.25) is 0 Å². The van der Waals surface area contributed by atoms with Crippen molar-refractivity contribution in [1.29, 1.82) is 0 Å². The van der Waals surface area contributed by atoms with Crippen LogP contribution in [-0.4, -0.2) is 36.0 Å². The molecule has 40 heavy (non-hydrogen) atoms. The van der Waals surface area contributed by atoms with Crippen molar-refractivity contribution in [2.24, 2.45) is 5.92 Å². The summed E-state index contributed by atoms with van der Waals surface area (Å²) in [7, 11) is 0.750. The van der Waals surface area contributed by atoms with E-state index in [1.165, 1.54) is 67.8 Å². The summed E-state index contributed by atoms with van der Waals surface area (Å²) >= 11 is 5.22. The van der Waals surface area contributed by atoms with Crippen molar-refractivity contribution < 1.29 is 8.39 Å². The van der Waals surface area contributed by atoms with Gasteiger partial charge in [0.1, 0.15) is 0 Å². The minimum atomic E-state index is -0.973. The van der Waals surface area contributed by atoms with Crippen molar-refractivity contribution in [3.05, 3.63) is 82.5 Å². The van der Waals surface area contributed by atoms with Crippen molar-refractivity contribution in [2.45, 2.75) is 64.5 Å². The molecule has 0 radical (unpaired) electrons. The summed E-state index contributed by atoms with van der Waals surface area (Å²) in [6.07, 6.45) is 16.3. The number of fused-ring (bicyclic) bond motifs is 3. The molecule has 2 aromatic carbocycles. The molecule has 2 heterocycles. The SMILES string of the molecule is CCN1C(=CC2=CC3=CC(=CC4Sc5ccc(SOC)cc5N4CC)CCC3CC2)Sc2ccc(S(C)=O)cc21. The van der Waals surface area contributed by atoms with Crippen LogP contribution < -0.4 is 9.80 Å². The highest BCUT2D eigenvalue weighted by Crippen LogP contribution is 2.49. The van der Waals surface area contributed by atoms with Crippen molar-refractivity contribution >= 4 is 57.7 Å². The predicted octanol–water partition coefficient (Wildman–Crippen LogP) is 8.79. The highest BCUT2D eigenvalue weighted by atomic mass is 32.2. The van der Waals surface area contributed by atoms with Crippen molar-refractivity contribution in [2.75, 3.05) is 36.3 Å². The van der Waals surface area contributed by atoms with Gasteiger partial charge in [0.25, 0.3) is 0 Å². The van der Waals surface area contributed by atoms with E-state index >= 15 is 0 Å². The number of benzene rings is 2. The fraction of sp³-hybridized carbons (Fsp3) is 0.375. The van der Waals surface area contributed by atoms with E-state index in [1.54, 1.807) is 13.4 Å². The van der Waals surface area contributed by atoms with Crippen molar-refractivity contribution in [3.63, 3.8) is 0 Å². The second kappa shape index (κ2) is 12.2. The highest BCUT2D eigenvalue weighted by molar-refractivity contribution is 8.03. The van der Waals surface area contributed by atoms with Gasteiger partial charge in [-0.3, -0.25) is 4.21 Å². The molecule has 6 rings (SSSR count). The third-order valence-electron chi connectivity index (χ3n) is 8.07. The topological polar surface area (TPSA) is 32.8 Å². The molecule has 3 unspecified atom stereocenters. The molecule has 2 aromatic rings. The molecule has 0 aromatic heterocycles. The highest BCUT2D eigenvalue weighted by Gasteiger charge is 2.30. The normalized spacial score (nSPS) is 24.6. The van der Waals surface area contributed by atoms with Crippen LogP contribution in [0, 0.1) is 5.92 Å². The average molecular weight is 609 g/mol. The molecule has 0 amide bonds. The molecule has 0 N–H and O–H groups in total. The maximum atomic E-state index is 12.1. The first-order chi connectivity index (χ1) is 19.5. The maximum absolute atomic E-state index is 12.1. The number of nitrogens with zero attached hydrogens (tertiary/aromatic N) is 2. The Morgan fingerprint density at radius 3 is 2.65 bits per heavy atom. The van der Waals surface area contributed by atoms with Gasteiger partial charge < -0.3 is 14.0 Å². The van der Waals surface area contributed by atoms with E-state index in [0.29, 0.717) is 11.3 Å². The zero-order valence-electron chi connectivity index (χ0n) is 23.5. The summed E-state index contributed by atoms with van der Waals surface area (Å²) in [6, 6.07) is 12.9. The molecule has 0 bridgehead atoms. The van der Waals surface area contributed by atoms with Crippen LogP contribution in [0.2, 0.25) is 0 Å². The predicted molar refractivity (Wildman–Crippen MR) is 174 cm³/mol. The Morgan fingerprint density at radius 1 is 1.05 bits per heavy atom. The van der Waals surface area contributed by atoms with Gasteiger partial charge in [-0.2, -0.15) is 0 Å². The summed E-state index contributed by atoms with van der Waals surface area (Å²) in [5, 5.41) is 1.60. The molecule has 0 fully saturated rings. The summed E-state index contributed by atoms with van der Waals surface area (Å²) in [4.78, 5) is 9.53. The van der Waals surface area contributed by atoms with Gasteiger partial charge in [0.15, 0.2) is 0 Å². The molecule has 4 nitrogen and oxygen atoms in total. The van der Waals surface area contributed by atoms with E-state index in [2.05, 4.69) is 78.3 Å². The lowest BCUT2D eigenvalue weighted by molar-refractivity contribution is 0.490. The summed E-state index contributed by atoms with van der Waals surface area (Å²) < 4.78 is 17.4. The fourth-order valence-electron chi connectivity index (χ4n) is 6.06. The van der Waals surface area contributed by atoms with Crippen LogP contribution in [0.1, 0.15) is 39.5 Å². The largest absolute Gasteiger partial charge is 0.355 e. The molecule has 0 saturated heterocycles. The molecule has 210 valence electrons. The lowest BCUT2D eigenvalue weighted by atomic mass is 9.77. The smallest absolute Gasteiger partial charge is 0.0988 e. The number of hydrogen-bond donors (Lipinski definition) is 0. The van der Waals surface area contributed by atoms with Gasteiger partial charge in [-0.05, 0) is 111 Å². The monoisotopic (exact) mass is 608 g/mol. The van der Waals surface area contributed by atoms with Gasteiger partial charge in [-0.1, -0.05) is 35.7 Å². The maximum Gasteiger partial charge on any atom is 0.0988 e. The summed E-state index contributed by atoms with van der Waals surface area (Å²) in [5.41, 5.74) is 6.87. The Balaban J connectivity index is 1.24. The van der Waals surface area contributed by atoms with Crippen LogP contribution >= 0.6 is 35.6 Å². The fourth-order valence-corrected chi connectivity index (χ4v) is 9.60. The number of likely N-dealkylation sites (N-methyl/N-ethyl adjacent to an activating group) is 1. The van der Waals surface area contributed by atoms with E-state index in [1.807, 2.05) is 29.6 Å². The lowest BCUT2D eigenvalue weighted by Gasteiger charge is -2.30. The minimum absolute atomic E-state index is 0.328. The zero-order valence-corrected chi connectivity index (χ0v) is 26.8. The Morgan fingerprint density at radius 2 is 1.88 bits per heavy atom. The number of anilines is 2. The Kier molecular flexibility index (Phi) is 8.61. The average Bonchev–Trinajstić information content (AvgIpc) is 3.48. The standard InChI is InChI=1S/C32H36N2O2S4/c1-5-33-27-19-25(39-36-3)11-13-29(27)37-31(33)17-21-7-9-23-10-8-22(16-24(23)15-21)18-32-34(6-2)28-20-26(40(4)35)12-14-30(28)38-32/h11-20,23,31H,5-10H2,1-4H3. The Labute approximate surface area is 254 Å². The van der Waals surface area contributed by atoms with Crippen molar-refractivity contribution in [3.8, 4) is 0 Å². The quantitative estimate of drug-likeness (QED) is 0.291. The minimum Gasteiger partial charge on any atom is -0.355 e. The third kappa shape index (κ3) is 5.62. The number of hydrogen-bond acceptors (Lipinski definition) is 7. The molecule has 0 spiro atoms. The molecular weight excluding hydrogens is 573 g/mol. The van der Waals surface area contributed by atoms with Gasteiger partial charge in [-0.25, -0.2) is 0 Å². The zero-order chi connectivity index (χ0) is 27.8. The van der Waals surface area contributed by atoms with E-state index in [4.69, 9.17) is 4.18 Å².